The molecule has 0 saturated carbocycles. The fourth-order valence-electron chi connectivity index (χ4n) is 2.48. The van der Waals surface area contributed by atoms with Crippen LogP contribution in [0.2, 0.25) is 0 Å². The molecule has 9 heteroatoms. The van der Waals surface area contributed by atoms with Crippen LogP contribution in [0.1, 0.15) is 20.9 Å². The molecule has 1 aliphatic heterocycles. The number of hydrogen-bond acceptors (Lipinski definition) is 6. The molecule has 0 atom stereocenters. The Labute approximate surface area is 161 Å². The van der Waals surface area contributed by atoms with E-state index in [1.807, 2.05) is 37.3 Å². The maximum absolute atomic E-state index is 12.4. The summed E-state index contributed by atoms with van der Waals surface area (Å²) in [6, 6.07) is 9.90. The molecule has 3 N–H and O–H groups in total. The van der Waals surface area contributed by atoms with E-state index in [1.165, 1.54) is 11.3 Å². The van der Waals surface area contributed by atoms with Gasteiger partial charge in [-0.3, -0.25) is 15.6 Å². The molecule has 1 aromatic heterocycles. The Morgan fingerprint density at radius 3 is 2.73 bits per heavy atom. The Hall–Kier alpha value is -2.23. The number of hydrazine groups is 1. The first-order valence-electron chi connectivity index (χ1n) is 8.31. The van der Waals surface area contributed by atoms with Crippen molar-refractivity contribution in [2.75, 3.05) is 31.2 Å². The third-order valence-corrected chi connectivity index (χ3v) is 5.32. The second-order valence-electron chi connectivity index (χ2n) is 5.76. The molecule has 7 nitrogen and oxygen atoms in total. The Balaban J connectivity index is 1.50. The average molecular weight is 392 g/mol. The summed E-state index contributed by atoms with van der Waals surface area (Å²) in [5.74, 6) is -0.247. The van der Waals surface area contributed by atoms with E-state index in [4.69, 9.17) is 17.0 Å². The predicted octanol–water partition coefficient (Wildman–Crippen LogP) is 1.60. The summed E-state index contributed by atoms with van der Waals surface area (Å²) < 4.78 is 5.35. The molecule has 3 rings (SSSR count). The second-order valence-corrected chi connectivity index (χ2v) is 7.14. The van der Waals surface area contributed by atoms with Crippen molar-refractivity contribution in [3.8, 4) is 0 Å². The van der Waals surface area contributed by atoms with Gasteiger partial charge >= 0.3 is 0 Å². The predicted molar refractivity (Wildman–Crippen MR) is 106 cm³/mol. The molecule has 0 bridgehead atoms. The van der Waals surface area contributed by atoms with Crippen LogP contribution in [0.3, 0.4) is 0 Å². The van der Waals surface area contributed by atoms with Gasteiger partial charge in [-0.15, -0.1) is 0 Å². The number of aryl methyl sites for hydroxylation is 1. The minimum atomic E-state index is -0.247. The number of morpholine rings is 1. The van der Waals surface area contributed by atoms with E-state index in [1.54, 1.807) is 0 Å². The van der Waals surface area contributed by atoms with Crippen molar-refractivity contribution < 1.29 is 9.53 Å². The monoisotopic (exact) mass is 391 g/mol. The van der Waals surface area contributed by atoms with E-state index < -0.39 is 0 Å². The van der Waals surface area contributed by atoms with Crippen LogP contribution in [-0.2, 0) is 11.3 Å². The number of thiocarbonyl (C=S) groups is 1. The van der Waals surface area contributed by atoms with Crippen molar-refractivity contribution in [2.45, 2.75) is 13.5 Å². The summed E-state index contributed by atoms with van der Waals surface area (Å²) in [6.45, 7) is 5.37. The normalized spacial score (nSPS) is 14.0. The Morgan fingerprint density at radius 1 is 1.27 bits per heavy atom. The highest BCUT2D eigenvalue weighted by Gasteiger charge is 2.20. The van der Waals surface area contributed by atoms with Crippen LogP contribution in [-0.4, -0.2) is 42.3 Å². The molecule has 1 aliphatic rings. The Bertz CT molecular complexity index is 760. The number of amides is 1. The van der Waals surface area contributed by atoms with Crippen LogP contribution in [0.5, 0.6) is 0 Å². The van der Waals surface area contributed by atoms with Crippen LogP contribution < -0.4 is 21.1 Å². The first kappa shape index (κ1) is 18.6. The number of anilines is 1. The number of nitrogens with zero attached hydrogens (tertiary/aromatic N) is 2. The molecule has 1 fully saturated rings. The highest BCUT2D eigenvalue weighted by atomic mass is 32.1. The average Bonchev–Trinajstić information content (AvgIpc) is 3.08. The van der Waals surface area contributed by atoms with Crippen LogP contribution in [0.4, 0.5) is 5.13 Å². The van der Waals surface area contributed by atoms with Gasteiger partial charge in [-0.2, -0.15) is 0 Å². The van der Waals surface area contributed by atoms with E-state index in [2.05, 4.69) is 26.1 Å². The van der Waals surface area contributed by atoms with Crippen LogP contribution in [0.25, 0.3) is 0 Å². The first-order chi connectivity index (χ1) is 12.6. The number of hydrogen-bond donors (Lipinski definition) is 3. The quantitative estimate of drug-likeness (QED) is 0.540. The number of thiazole rings is 1. The third-order valence-electron chi connectivity index (χ3n) is 3.86. The van der Waals surface area contributed by atoms with Gasteiger partial charge in [0.25, 0.3) is 5.91 Å². The molecule has 1 aromatic carbocycles. The Kier molecular flexibility index (Phi) is 6.37. The molecule has 0 unspecified atom stereocenters. The topological polar surface area (TPSA) is 78.5 Å². The van der Waals surface area contributed by atoms with Gasteiger partial charge in [-0.1, -0.05) is 41.7 Å². The molecule has 26 heavy (non-hydrogen) atoms. The van der Waals surface area contributed by atoms with Gasteiger partial charge in [0.05, 0.1) is 18.9 Å². The fourth-order valence-corrected chi connectivity index (χ4v) is 3.61. The van der Waals surface area contributed by atoms with Gasteiger partial charge in [0.2, 0.25) is 0 Å². The lowest BCUT2D eigenvalue weighted by Gasteiger charge is -2.25. The Morgan fingerprint density at radius 2 is 2.00 bits per heavy atom. The molecule has 1 amide bonds. The largest absolute Gasteiger partial charge is 0.378 e. The molecular formula is C17H21N5O2S2. The minimum Gasteiger partial charge on any atom is -0.378 e. The summed E-state index contributed by atoms with van der Waals surface area (Å²) in [5.41, 5.74) is 7.18. The standard InChI is InChI=1S/C17H21N5O2S2/c1-12-14(26-17(19-12)22-7-9-24-10-8-22)15(23)20-21-16(25)18-11-13-5-3-2-4-6-13/h2-6H,7-11H2,1H3,(H,20,23)(H2,18,21,25). The van der Waals surface area contributed by atoms with Gasteiger partial charge in [0, 0.05) is 19.6 Å². The molecule has 2 heterocycles. The van der Waals surface area contributed by atoms with Crippen molar-refractivity contribution in [3.63, 3.8) is 0 Å². The molecular weight excluding hydrogens is 370 g/mol. The lowest BCUT2D eigenvalue weighted by atomic mass is 10.2. The lowest BCUT2D eigenvalue weighted by molar-refractivity contribution is 0.0947. The zero-order valence-corrected chi connectivity index (χ0v) is 16.1. The first-order valence-corrected chi connectivity index (χ1v) is 9.54. The number of aromatic nitrogens is 1. The van der Waals surface area contributed by atoms with E-state index in [0.717, 1.165) is 23.8 Å². The van der Waals surface area contributed by atoms with E-state index in [-0.39, 0.29) is 5.91 Å². The summed E-state index contributed by atoms with van der Waals surface area (Å²) in [5, 5.41) is 4.26. The minimum absolute atomic E-state index is 0.247. The zero-order valence-electron chi connectivity index (χ0n) is 14.4. The lowest BCUT2D eigenvalue weighted by Crippen LogP contribution is -2.46. The van der Waals surface area contributed by atoms with E-state index in [9.17, 15) is 4.79 Å². The number of ether oxygens (including phenoxy) is 1. The SMILES string of the molecule is Cc1nc(N2CCOCC2)sc1C(=O)NNC(=S)NCc1ccccc1. The van der Waals surface area contributed by atoms with Gasteiger partial charge in [-0.25, -0.2) is 4.98 Å². The van der Waals surface area contributed by atoms with Crippen molar-refractivity contribution in [1.29, 1.82) is 0 Å². The van der Waals surface area contributed by atoms with Gasteiger partial charge in [0.15, 0.2) is 10.2 Å². The van der Waals surface area contributed by atoms with Crippen molar-refractivity contribution >= 4 is 39.7 Å². The number of carbonyl (C=O) groups is 1. The summed E-state index contributed by atoms with van der Waals surface area (Å²) in [7, 11) is 0. The van der Waals surface area contributed by atoms with Gasteiger partial charge in [-0.05, 0) is 24.7 Å². The smallest absolute Gasteiger partial charge is 0.281 e. The van der Waals surface area contributed by atoms with Crippen LogP contribution in [0.15, 0.2) is 30.3 Å². The van der Waals surface area contributed by atoms with Crippen molar-refractivity contribution in [1.82, 2.24) is 21.2 Å². The van der Waals surface area contributed by atoms with E-state index >= 15 is 0 Å². The van der Waals surface area contributed by atoms with Gasteiger partial charge < -0.3 is 15.0 Å². The van der Waals surface area contributed by atoms with E-state index in [0.29, 0.717) is 35.4 Å². The highest BCUT2D eigenvalue weighted by Crippen LogP contribution is 2.26. The number of nitrogens with one attached hydrogen (secondary N) is 3. The van der Waals surface area contributed by atoms with Gasteiger partial charge in [0.1, 0.15) is 4.88 Å². The molecule has 0 aliphatic carbocycles. The number of benzene rings is 1. The molecule has 2 aromatic rings. The summed E-state index contributed by atoms with van der Waals surface area (Å²) >= 11 is 6.57. The van der Waals surface area contributed by atoms with Crippen molar-refractivity contribution in [2.24, 2.45) is 0 Å². The molecule has 1 saturated heterocycles. The molecule has 138 valence electrons. The summed E-state index contributed by atoms with van der Waals surface area (Å²) in [4.78, 5) is 19.6. The highest BCUT2D eigenvalue weighted by molar-refractivity contribution is 7.80. The molecule has 0 spiro atoms. The second kappa shape index (κ2) is 8.93. The maximum Gasteiger partial charge on any atom is 0.281 e. The molecule has 0 radical (unpaired) electrons. The zero-order chi connectivity index (χ0) is 18.4. The van der Waals surface area contributed by atoms with Crippen molar-refractivity contribution in [3.05, 3.63) is 46.5 Å². The summed E-state index contributed by atoms with van der Waals surface area (Å²) in [6.07, 6.45) is 0. The maximum atomic E-state index is 12.4. The number of carbonyl (C=O) groups excluding carboxylic acids is 1. The third kappa shape index (κ3) is 4.90. The van der Waals surface area contributed by atoms with Crippen LogP contribution in [0, 0.1) is 6.92 Å². The fraction of sp³-hybridized carbons (Fsp3) is 0.353. The number of rotatable bonds is 4. The van der Waals surface area contributed by atoms with Crippen LogP contribution >= 0.6 is 23.6 Å².